The minimum atomic E-state index is -0.227. The quantitative estimate of drug-likeness (QED) is 0.719. The summed E-state index contributed by atoms with van der Waals surface area (Å²) < 4.78 is 4.91. The first-order valence-electron chi connectivity index (χ1n) is 10.5. The molecule has 3 aliphatic carbocycles. The van der Waals surface area contributed by atoms with Crippen LogP contribution in [-0.4, -0.2) is 13.1 Å². The van der Waals surface area contributed by atoms with Gasteiger partial charge in [0.2, 0.25) is 0 Å². The lowest BCUT2D eigenvalue weighted by molar-refractivity contribution is 0.0600. The third kappa shape index (κ3) is 2.64. The van der Waals surface area contributed by atoms with Gasteiger partial charge in [-0.3, -0.25) is 0 Å². The topological polar surface area (TPSA) is 26.3 Å². The lowest BCUT2D eigenvalue weighted by Gasteiger charge is -2.24. The van der Waals surface area contributed by atoms with Crippen LogP contribution in [-0.2, 0) is 49.7 Å². The minimum Gasteiger partial charge on any atom is -0.465 e. The number of rotatable bonds is 2. The maximum Gasteiger partial charge on any atom is 0.337 e. The van der Waals surface area contributed by atoms with E-state index in [0.29, 0.717) is 11.0 Å². The molecular formula is C25H28O2. The van der Waals surface area contributed by atoms with E-state index in [9.17, 15) is 4.79 Å². The van der Waals surface area contributed by atoms with Crippen molar-refractivity contribution in [3.8, 4) is 0 Å². The van der Waals surface area contributed by atoms with Crippen LogP contribution in [0, 0.1) is 5.41 Å². The number of ether oxygens (including phenoxy) is 1. The van der Waals surface area contributed by atoms with Crippen LogP contribution in [0.3, 0.4) is 0 Å². The van der Waals surface area contributed by atoms with E-state index in [-0.39, 0.29) is 5.97 Å². The van der Waals surface area contributed by atoms with E-state index in [0.717, 1.165) is 19.3 Å². The van der Waals surface area contributed by atoms with Crippen LogP contribution >= 0.6 is 0 Å². The predicted molar refractivity (Wildman–Crippen MR) is 107 cm³/mol. The number of hydrogen-bond donors (Lipinski definition) is 0. The molecule has 2 aromatic rings. The average molecular weight is 360 g/mol. The van der Waals surface area contributed by atoms with Gasteiger partial charge in [0, 0.05) is 0 Å². The van der Waals surface area contributed by atoms with Gasteiger partial charge in [-0.2, -0.15) is 0 Å². The minimum absolute atomic E-state index is 0.227. The van der Waals surface area contributed by atoms with Crippen molar-refractivity contribution in [1.29, 1.82) is 0 Å². The van der Waals surface area contributed by atoms with E-state index in [1.807, 2.05) is 6.07 Å². The number of methoxy groups -OCH3 is 1. The molecule has 5 rings (SSSR count). The highest BCUT2D eigenvalue weighted by Gasteiger charge is 2.43. The Hall–Kier alpha value is -2.09. The zero-order valence-electron chi connectivity index (χ0n) is 16.5. The Morgan fingerprint density at radius 3 is 2.44 bits per heavy atom. The number of benzene rings is 2. The molecule has 0 bridgehead atoms. The van der Waals surface area contributed by atoms with Gasteiger partial charge in [-0.25, -0.2) is 4.79 Å². The second kappa shape index (κ2) is 6.22. The summed E-state index contributed by atoms with van der Waals surface area (Å²) in [6.07, 6.45) is 11.1. The van der Waals surface area contributed by atoms with Crippen LogP contribution in [0.15, 0.2) is 24.3 Å². The van der Waals surface area contributed by atoms with Crippen molar-refractivity contribution >= 4 is 5.97 Å². The zero-order chi connectivity index (χ0) is 18.6. The Balaban J connectivity index is 1.50. The third-order valence-corrected chi connectivity index (χ3v) is 7.21. The first-order chi connectivity index (χ1) is 13.1. The van der Waals surface area contributed by atoms with Crippen LogP contribution in [0.2, 0.25) is 0 Å². The third-order valence-electron chi connectivity index (χ3n) is 7.21. The van der Waals surface area contributed by atoms with Crippen molar-refractivity contribution < 1.29 is 9.53 Å². The van der Waals surface area contributed by atoms with E-state index >= 15 is 0 Å². The Morgan fingerprint density at radius 2 is 1.67 bits per heavy atom. The van der Waals surface area contributed by atoms with Crippen molar-refractivity contribution in [2.75, 3.05) is 7.11 Å². The Kier molecular flexibility index (Phi) is 3.93. The van der Waals surface area contributed by atoms with Gasteiger partial charge < -0.3 is 4.74 Å². The van der Waals surface area contributed by atoms with Gasteiger partial charge >= 0.3 is 5.97 Å². The second-order valence-electron chi connectivity index (χ2n) is 8.87. The van der Waals surface area contributed by atoms with Gasteiger partial charge in [0.1, 0.15) is 0 Å². The summed E-state index contributed by atoms with van der Waals surface area (Å²) in [6.45, 7) is 2.31. The van der Waals surface area contributed by atoms with Crippen LogP contribution in [0.25, 0.3) is 0 Å². The van der Waals surface area contributed by atoms with E-state index in [2.05, 4.69) is 25.1 Å². The van der Waals surface area contributed by atoms with E-state index < -0.39 is 0 Å². The average Bonchev–Trinajstić information content (AvgIpc) is 3.24. The summed E-state index contributed by atoms with van der Waals surface area (Å²) in [5.41, 5.74) is 12.1. The molecule has 0 aliphatic heterocycles. The molecule has 2 nitrogen and oxygen atoms in total. The van der Waals surface area contributed by atoms with E-state index in [1.54, 1.807) is 27.8 Å². The zero-order valence-corrected chi connectivity index (χ0v) is 16.5. The molecule has 0 saturated carbocycles. The number of esters is 1. The smallest absolute Gasteiger partial charge is 0.337 e. The number of carbonyl (C=O) groups is 1. The van der Waals surface area contributed by atoms with E-state index in [1.165, 1.54) is 56.8 Å². The van der Waals surface area contributed by atoms with Gasteiger partial charge in [0.15, 0.2) is 0 Å². The number of fused-ring (bicyclic) bond motifs is 4. The highest BCUT2D eigenvalue weighted by molar-refractivity contribution is 5.89. The van der Waals surface area contributed by atoms with Crippen LogP contribution in [0.4, 0.5) is 0 Å². The molecule has 140 valence electrons. The highest BCUT2D eigenvalue weighted by atomic mass is 16.5. The number of hydrogen-bond acceptors (Lipinski definition) is 2. The van der Waals surface area contributed by atoms with Crippen molar-refractivity contribution in [3.63, 3.8) is 0 Å². The lowest BCUT2D eigenvalue weighted by Crippen LogP contribution is -2.21. The first kappa shape index (κ1) is 17.0. The van der Waals surface area contributed by atoms with Gasteiger partial charge in [-0.05, 0) is 114 Å². The highest BCUT2D eigenvalue weighted by Crippen LogP contribution is 2.49. The molecule has 0 aromatic heterocycles. The molecule has 1 spiro atoms. The molecule has 1 atom stereocenters. The van der Waals surface area contributed by atoms with Crippen LogP contribution < -0.4 is 0 Å². The lowest BCUT2D eigenvalue weighted by atomic mass is 9.80. The van der Waals surface area contributed by atoms with Crippen molar-refractivity contribution in [1.82, 2.24) is 0 Å². The summed E-state index contributed by atoms with van der Waals surface area (Å²) in [4.78, 5) is 11.9. The molecular weight excluding hydrogens is 332 g/mol. The van der Waals surface area contributed by atoms with Crippen molar-refractivity contribution in [3.05, 3.63) is 68.8 Å². The number of aryl methyl sites for hydroxylation is 1. The Morgan fingerprint density at radius 1 is 0.926 bits per heavy atom. The molecule has 3 aliphatic rings. The molecule has 2 aromatic carbocycles. The summed E-state index contributed by atoms with van der Waals surface area (Å²) in [7, 11) is 1.46. The first-order valence-corrected chi connectivity index (χ1v) is 10.5. The predicted octanol–water partition coefficient (Wildman–Crippen LogP) is 4.80. The maximum absolute atomic E-state index is 11.9. The molecule has 0 unspecified atom stereocenters. The molecule has 0 amide bonds. The fraction of sp³-hybridized carbons (Fsp3) is 0.480. The largest absolute Gasteiger partial charge is 0.465 e. The normalized spacial score (nSPS) is 22.4. The summed E-state index contributed by atoms with van der Waals surface area (Å²) in [5.74, 6) is -0.227. The fourth-order valence-electron chi connectivity index (χ4n) is 6.03. The Bertz CT molecular complexity index is 940. The van der Waals surface area contributed by atoms with Crippen LogP contribution in [0.5, 0.6) is 0 Å². The Labute approximate surface area is 161 Å². The molecule has 2 heteroatoms. The summed E-state index contributed by atoms with van der Waals surface area (Å²) in [6, 6.07) is 8.71. The molecule has 0 radical (unpaired) electrons. The van der Waals surface area contributed by atoms with Gasteiger partial charge in [-0.15, -0.1) is 0 Å². The molecule has 27 heavy (non-hydrogen) atoms. The van der Waals surface area contributed by atoms with Crippen LogP contribution in [0.1, 0.15) is 69.1 Å². The standard InChI is InChI=1S/C25H28O2/c1-3-16-10-20-14-25(15-23(20)22-7-5-4-6-21(16)22)12-18-9-8-17(24(26)27-2)11-19(18)13-25/h8-11H,3-7,12-15H2,1-2H3/t25-/m1/s1. The van der Waals surface area contributed by atoms with Gasteiger partial charge in [0.05, 0.1) is 12.7 Å². The van der Waals surface area contributed by atoms with E-state index in [4.69, 9.17) is 4.74 Å². The van der Waals surface area contributed by atoms with Crippen molar-refractivity contribution in [2.45, 2.75) is 64.7 Å². The molecule has 0 N–H and O–H groups in total. The molecule has 0 saturated heterocycles. The van der Waals surface area contributed by atoms with Gasteiger partial charge in [-0.1, -0.05) is 19.1 Å². The summed E-state index contributed by atoms with van der Waals surface area (Å²) in [5, 5.41) is 0. The molecule has 0 fully saturated rings. The summed E-state index contributed by atoms with van der Waals surface area (Å²) >= 11 is 0. The van der Waals surface area contributed by atoms with Gasteiger partial charge in [0.25, 0.3) is 0 Å². The monoisotopic (exact) mass is 360 g/mol. The maximum atomic E-state index is 11.9. The fourth-order valence-corrected chi connectivity index (χ4v) is 6.03. The SMILES string of the molecule is CCc1cc2c(c3c1CCCC3)C[C@@]1(Cc3ccc(C(=O)OC)cc3C1)C2. The second-order valence-corrected chi connectivity index (χ2v) is 8.87. The van der Waals surface area contributed by atoms with Crippen molar-refractivity contribution in [2.24, 2.45) is 5.41 Å². The number of carbonyl (C=O) groups excluding carboxylic acids is 1. The molecule has 0 heterocycles.